The molecule has 0 spiro atoms. The molecule has 1 heterocycles. The molecule has 8 heteroatoms. The van der Waals surface area contributed by atoms with Gasteiger partial charge >= 0.3 is 0 Å². The van der Waals surface area contributed by atoms with Crippen molar-refractivity contribution in [3.05, 3.63) is 54.6 Å². The molecule has 3 aromatic carbocycles. The largest absolute Gasteiger partial charge is 0.508 e. The molecule has 0 aliphatic heterocycles. The summed E-state index contributed by atoms with van der Waals surface area (Å²) >= 11 is 4.48. The highest BCUT2D eigenvalue weighted by Gasteiger charge is 2.19. The van der Waals surface area contributed by atoms with Gasteiger partial charge in [0.05, 0.1) is 6.61 Å². The molecular weight excluding hydrogens is 390 g/mol. The molecular formula is C21H19N3O4S. The minimum atomic E-state index is -0.117. The Balaban J connectivity index is 1.88. The maximum Gasteiger partial charge on any atom is 0.145 e. The van der Waals surface area contributed by atoms with E-state index in [9.17, 15) is 10.2 Å². The van der Waals surface area contributed by atoms with Crippen LogP contribution < -0.4 is 4.74 Å². The van der Waals surface area contributed by atoms with Gasteiger partial charge in [0.2, 0.25) is 0 Å². The van der Waals surface area contributed by atoms with Crippen molar-refractivity contribution in [2.75, 3.05) is 20.3 Å². The topological polar surface area (TPSA) is 89.6 Å². The van der Waals surface area contributed by atoms with Crippen LogP contribution in [0.25, 0.3) is 27.7 Å². The molecule has 0 unspecified atom stereocenters. The van der Waals surface area contributed by atoms with Gasteiger partial charge in [-0.2, -0.15) is 0 Å². The van der Waals surface area contributed by atoms with Crippen LogP contribution in [0, 0.1) is 0 Å². The molecule has 0 fully saturated rings. The maximum absolute atomic E-state index is 10.3. The fraction of sp³-hybridized carbons (Fsp3) is 0.143. The fourth-order valence-corrected chi connectivity index (χ4v) is 3.46. The third-order valence-electron chi connectivity index (χ3n) is 4.52. The maximum atomic E-state index is 10.3. The summed E-state index contributed by atoms with van der Waals surface area (Å²) < 4.78 is 12.4. The molecule has 4 rings (SSSR count). The van der Waals surface area contributed by atoms with Gasteiger partial charge in [-0.3, -0.25) is 0 Å². The van der Waals surface area contributed by atoms with E-state index in [0.717, 1.165) is 22.1 Å². The molecule has 1 aromatic heterocycles. The van der Waals surface area contributed by atoms with Gasteiger partial charge in [-0.05, 0) is 29.7 Å². The van der Waals surface area contributed by atoms with Crippen molar-refractivity contribution in [3.63, 3.8) is 0 Å². The van der Waals surface area contributed by atoms with Crippen molar-refractivity contribution < 1.29 is 19.7 Å². The van der Waals surface area contributed by atoms with Gasteiger partial charge in [-0.1, -0.05) is 29.5 Å². The number of benzene rings is 3. The van der Waals surface area contributed by atoms with E-state index in [2.05, 4.69) is 22.9 Å². The molecule has 0 saturated carbocycles. The van der Waals surface area contributed by atoms with Crippen LogP contribution in [0.15, 0.2) is 59.6 Å². The number of phenols is 2. The SMILES string of the molecule is COCCOc1ccc(-c2c(S)nnn2-c2ccc(O)cc2O)c2ccccc12. The van der Waals surface area contributed by atoms with Crippen molar-refractivity contribution in [1.82, 2.24) is 15.0 Å². The molecule has 4 aromatic rings. The number of phenolic OH excluding ortho intramolecular Hbond substituents is 2. The molecule has 2 N–H and O–H groups in total. The van der Waals surface area contributed by atoms with Crippen molar-refractivity contribution in [2.45, 2.75) is 5.03 Å². The molecule has 0 aliphatic carbocycles. The first-order valence-corrected chi connectivity index (χ1v) is 9.35. The second-order valence-corrected chi connectivity index (χ2v) is 6.77. The smallest absolute Gasteiger partial charge is 0.145 e. The van der Waals surface area contributed by atoms with Crippen LogP contribution >= 0.6 is 12.6 Å². The van der Waals surface area contributed by atoms with E-state index in [1.54, 1.807) is 13.2 Å². The van der Waals surface area contributed by atoms with Crippen molar-refractivity contribution in [1.29, 1.82) is 0 Å². The minimum absolute atomic E-state index is 0.0398. The number of hydrogen-bond acceptors (Lipinski definition) is 7. The Hall–Kier alpha value is -3.23. The molecule has 0 saturated heterocycles. The summed E-state index contributed by atoms with van der Waals surface area (Å²) in [6.07, 6.45) is 0. The molecule has 7 nitrogen and oxygen atoms in total. The quantitative estimate of drug-likeness (QED) is 0.331. The molecule has 0 atom stereocenters. The predicted octanol–water partition coefficient (Wildman–Crippen LogP) is 3.81. The lowest BCUT2D eigenvalue weighted by Gasteiger charge is -2.14. The first-order valence-electron chi connectivity index (χ1n) is 8.91. The number of methoxy groups -OCH3 is 1. The van der Waals surface area contributed by atoms with Crippen LogP contribution in [0.3, 0.4) is 0 Å². The van der Waals surface area contributed by atoms with Crippen molar-refractivity contribution in [2.24, 2.45) is 0 Å². The second kappa shape index (κ2) is 8.02. The fourth-order valence-electron chi connectivity index (χ4n) is 3.21. The van der Waals surface area contributed by atoms with Gasteiger partial charge in [0, 0.05) is 24.1 Å². The lowest BCUT2D eigenvalue weighted by atomic mass is 10.0. The Kier molecular flexibility index (Phi) is 5.28. The standard InChI is InChI=1S/C21H19N3O4S/c1-27-10-11-28-19-9-7-16(14-4-2-3-5-15(14)19)20-21(29)22-23-24(20)17-8-6-13(25)12-18(17)26/h2-9,12,25-26,29H,10-11H2,1H3. The number of fused-ring (bicyclic) bond motifs is 1. The van der Waals surface area contributed by atoms with Crippen LogP contribution in [-0.2, 0) is 4.74 Å². The Morgan fingerprint density at radius 3 is 2.55 bits per heavy atom. The Bertz CT molecular complexity index is 1180. The van der Waals surface area contributed by atoms with Crippen LogP contribution in [0.4, 0.5) is 0 Å². The Morgan fingerprint density at radius 2 is 1.79 bits per heavy atom. The van der Waals surface area contributed by atoms with E-state index in [4.69, 9.17) is 9.47 Å². The number of ether oxygens (including phenoxy) is 2. The number of aromatic hydroxyl groups is 2. The molecule has 29 heavy (non-hydrogen) atoms. The second-order valence-electron chi connectivity index (χ2n) is 6.34. The predicted molar refractivity (Wildman–Crippen MR) is 112 cm³/mol. The van der Waals surface area contributed by atoms with Gasteiger partial charge in [-0.15, -0.1) is 17.7 Å². The molecule has 0 amide bonds. The highest BCUT2D eigenvalue weighted by Crippen LogP contribution is 2.38. The summed E-state index contributed by atoms with van der Waals surface area (Å²) in [4.78, 5) is 0. The molecule has 0 bridgehead atoms. The van der Waals surface area contributed by atoms with E-state index in [1.165, 1.54) is 16.8 Å². The Labute approximate surface area is 172 Å². The summed E-state index contributed by atoms with van der Waals surface area (Å²) in [5, 5.41) is 30.4. The molecule has 0 aliphatic rings. The summed E-state index contributed by atoms with van der Waals surface area (Å²) in [7, 11) is 1.63. The van der Waals surface area contributed by atoms with Gasteiger partial charge in [0.1, 0.15) is 40.3 Å². The Morgan fingerprint density at radius 1 is 1.00 bits per heavy atom. The van der Waals surface area contributed by atoms with Crippen molar-refractivity contribution >= 4 is 23.4 Å². The zero-order valence-electron chi connectivity index (χ0n) is 15.6. The minimum Gasteiger partial charge on any atom is -0.508 e. The number of thiol groups is 1. The molecule has 0 radical (unpaired) electrons. The third kappa shape index (κ3) is 3.59. The average Bonchev–Trinajstić information content (AvgIpc) is 3.09. The van der Waals surface area contributed by atoms with Gasteiger partial charge in [0.25, 0.3) is 0 Å². The zero-order chi connectivity index (χ0) is 20.4. The van der Waals surface area contributed by atoms with E-state index in [1.807, 2.05) is 36.4 Å². The highest BCUT2D eigenvalue weighted by molar-refractivity contribution is 7.80. The monoisotopic (exact) mass is 409 g/mol. The summed E-state index contributed by atoms with van der Waals surface area (Å²) in [6, 6.07) is 15.9. The summed E-state index contributed by atoms with van der Waals surface area (Å²) in [5.41, 5.74) is 1.84. The number of nitrogens with zero attached hydrogens (tertiary/aromatic N) is 3. The summed E-state index contributed by atoms with van der Waals surface area (Å²) in [6.45, 7) is 0.937. The van der Waals surface area contributed by atoms with Crippen LogP contribution in [-0.4, -0.2) is 45.5 Å². The first kappa shape index (κ1) is 19.1. The highest BCUT2D eigenvalue weighted by atomic mass is 32.1. The molecule has 148 valence electrons. The van der Waals surface area contributed by atoms with E-state index in [0.29, 0.717) is 29.6 Å². The number of hydrogen-bond donors (Lipinski definition) is 3. The van der Waals surface area contributed by atoms with Crippen LogP contribution in [0.1, 0.15) is 0 Å². The van der Waals surface area contributed by atoms with Gasteiger partial charge in [0.15, 0.2) is 0 Å². The van der Waals surface area contributed by atoms with Crippen LogP contribution in [0.2, 0.25) is 0 Å². The first-order chi connectivity index (χ1) is 14.1. The lowest BCUT2D eigenvalue weighted by molar-refractivity contribution is 0.147. The van der Waals surface area contributed by atoms with E-state index < -0.39 is 0 Å². The third-order valence-corrected chi connectivity index (χ3v) is 4.83. The average molecular weight is 409 g/mol. The van der Waals surface area contributed by atoms with Crippen LogP contribution in [0.5, 0.6) is 17.2 Å². The van der Waals surface area contributed by atoms with Crippen molar-refractivity contribution in [3.8, 4) is 34.2 Å². The van der Waals surface area contributed by atoms with E-state index >= 15 is 0 Å². The summed E-state index contributed by atoms with van der Waals surface area (Å²) in [5.74, 6) is 0.587. The van der Waals surface area contributed by atoms with E-state index in [-0.39, 0.29) is 11.5 Å². The lowest BCUT2D eigenvalue weighted by Crippen LogP contribution is -2.05. The number of rotatable bonds is 6. The van der Waals surface area contributed by atoms with Gasteiger partial charge < -0.3 is 19.7 Å². The zero-order valence-corrected chi connectivity index (χ0v) is 16.5. The number of aromatic nitrogens is 3. The normalized spacial score (nSPS) is 11.1. The van der Waals surface area contributed by atoms with Gasteiger partial charge in [-0.25, -0.2) is 4.68 Å².